The van der Waals surface area contributed by atoms with Crippen molar-refractivity contribution in [3.63, 3.8) is 0 Å². The summed E-state index contributed by atoms with van der Waals surface area (Å²) in [6.45, 7) is 2.74. The summed E-state index contributed by atoms with van der Waals surface area (Å²) in [6.07, 6.45) is 0.244. The fourth-order valence-corrected chi connectivity index (χ4v) is 2.93. The summed E-state index contributed by atoms with van der Waals surface area (Å²) in [6, 6.07) is 11.2. The lowest BCUT2D eigenvalue weighted by Gasteiger charge is -2.14. The second kappa shape index (κ2) is 7.81. The molecule has 2 aromatic rings. The summed E-state index contributed by atoms with van der Waals surface area (Å²) in [5.41, 5.74) is 1.57. The zero-order valence-electron chi connectivity index (χ0n) is 11.4. The molecule has 112 valence electrons. The van der Waals surface area contributed by atoms with Gasteiger partial charge in [0.2, 0.25) is 0 Å². The predicted molar refractivity (Wildman–Crippen MR) is 98.2 cm³/mol. The van der Waals surface area contributed by atoms with Gasteiger partial charge in [-0.25, -0.2) is 0 Å². The third-order valence-corrected chi connectivity index (χ3v) is 5.18. The summed E-state index contributed by atoms with van der Waals surface area (Å²) in [4.78, 5) is 0. The van der Waals surface area contributed by atoms with Crippen LogP contribution in [0.15, 0.2) is 40.9 Å². The normalized spacial score (nSPS) is 12.2. The lowest BCUT2D eigenvalue weighted by Crippen LogP contribution is -2.01. The first-order valence-corrected chi connectivity index (χ1v) is 8.83. The zero-order valence-corrected chi connectivity index (χ0v) is 15.9. The third-order valence-electron chi connectivity index (χ3n) is 2.99. The minimum Gasteiger partial charge on any atom is -0.492 e. The molecule has 0 aliphatic heterocycles. The zero-order chi connectivity index (χ0) is 15.4. The molecule has 0 aliphatic carbocycles. The Balaban J connectivity index is 2.24. The van der Waals surface area contributed by atoms with Gasteiger partial charge in [0.15, 0.2) is 0 Å². The van der Waals surface area contributed by atoms with E-state index in [0.29, 0.717) is 11.6 Å². The Hall–Kier alpha value is -0.300. The minimum absolute atomic E-state index is 0.647. The number of aliphatic hydroxyl groups is 1. The van der Waals surface area contributed by atoms with Crippen molar-refractivity contribution in [2.75, 3.05) is 6.61 Å². The van der Waals surface area contributed by atoms with Crippen LogP contribution >= 0.6 is 50.1 Å². The lowest BCUT2D eigenvalue weighted by molar-refractivity contribution is 0.220. The Labute approximate surface area is 151 Å². The van der Waals surface area contributed by atoms with Crippen LogP contribution in [0.4, 0.5) is 0 Å². The largest absolute Gasteiger partial charge is 0.492 e. The van der Waals surface area contributed by atoms with Crippen molar-refractivity contribution in [3.05, 3.63) is 60.6 Å². The topological polar surface area (TPSA) is 29.5 Å². The Morgan fingerprint density at radius 3 is 2.52 bits per heavy atom. The highest BCUT2D eigenvalue weighted by molar-refractivity contribution is 14.1. The average molecular weight is 482 g/mol. The van der Waals surface area contributed by atoms with Gasteiger partial charge >= 0.3 is 0 Å². The maximum Gasteiger partial charge on any atom is 0.133 e. The number of aliphatic hydroxyl groups excluding tert-OH is 1. The van der Waals surface area contributed by atoms with E-state index in [9.17, 15) is 5.11 Å². The maximum atomic E-state index is 10.5. The van der Waals surface area contributed by atoms with E-state index in [2.05, 4.69) is 45.4 Å². The molecule has 1 atom stereocenters. The summed E-state index contributed by atoms with van der Waals surface area (Å²) in [5.74, 6) is 0.786. The van der Waals surface area contributed by atoms with Crippen LogP contribution in [0.5, 0.6) is 5.75 Å². The highest BCUT2D eigenvalue weighted by Gasteiger charge is 2.14. The van der Waals surface area contributed by atoms with Crippen molar-refractivity contribution >= 4 is 50.1 Å². The smallest absolute Gasteiger partial charge is 0.133 e. The number of rotatable bonds is 5. The molecular formula is C16H15BrClIO2. The molecule has 0 fully saturated rings. The van der Waals surface area contributed by atoms with Crippen molar-refractivity contribution in [1.29, 1.82) is 0 Å². The summed E-state index contributed by atoms with van der Waals surface area (Å²) < 4.78 is 7.42. The molecule has 21 heavy (non-hydrogen) atoms. The highest BCUT2D eigenvalue weighted by Crippen LogP contribution is 2.32. The first-order valence-electron chi connectivity index (χ1n) is 6.58. The van der Waals surface area contributed by atoms with Crippen molar-refractivity contribution in [2.24, 2.45) is 0 Å². The molecule has 0 amide bonds. The third kappa shape index (κ3) is 4.34. The molecule has 1 unspecified atom stereocenters. The van der Waals surface area contributed by atoms with Gasteiger partial charge in [0.05, 0.1) is 16.1 Å². The molecular weight excluding hydrogens is 466 g/mol. The predicted octanol–water partition coefficient (Wildman–Crippen LogP) is 5.58. The molecule has 5 heteroatoms. The Kier molecular flexibility index (Phi) is 6.34. The van der Waals surface area contributed by atoms with Crippen LogP contribution in [0.3, 0.4) is 0 Å². The lowest BCUT2D eigenvalue weighted by atomic mass is 10.0. The van der Waals surface area contributed by atoms with E-state index in [-0.39, 0.29) is 0 Å². The monoisotopic (exact) mass is 480 g/mol. The molecule has 0 saturated heterocycles. The van der Waals surface area contributed by atoms with Gasteiger partial charge in [-0.1, -0.05) is 30.7 Å². The van der Waals surface area contributed by atoms with Gasteiger partial charge in [-0.2, -0.15) is 0 Å². The first kappa shape index (κ1) is 17.1. The molecule has 0 aromatic heterocycles. The molecule has 0 bridgehead atoms. The fraction of sp³-hybridized carbons (Fsp3) is 0.250. The van der Waals surface area contributed by atoms with Gasteiger partial charge in [0, 0.05) is 3.57 Å². The Morgan fingerprint density at radius 1 is 1.24 bits per heavy atom. The Bertz CT molecular complexity index is 634. The van der Waals surface area contributed by atoms with Crippen molar-refractivity contribution in [1.82, 2.24) is 0 Å². The quantitative estimate of drug-likeness (QED) is 0.566. The van der Waals surface area contributed by atoms with E-state index in [1.165, 1.54) is 0 Å². The van der Waals surface area contributed by atoms with Crippen LogP contribution in [-0.2, 0) is 0 Å². The molecule has 0 saturated carbocycles. The molecule has 0 aliphatic rings. The van der Waals surface area contributed by atoms with Gasteiger partial charge in [0.25, 0.3) is 0 Å². The number of hydrogen-bond acceptors (Lipinski definition) is 2. The number of hydrogen-bond donors (Lipinski definition) is 1. The number of halogens is 3. The number of ether oxygens (including phenoxy) is 1. The maximum absolute atomic E-state index is 10.5. The molecule has 0 spiro atoms. The van der Waals surface area contributed by atoms with Crippen LogP contribution in [0.2, 0.25) is 5.02 Å². The van der Waals surface area contributed by atoms with Crippen LogP contribution in [0, 0.1) is 3.57 Å². The van der Waals surface area contributed by atoms with Crippen molar-refractivity contribution in [3.8, 4) is 5.75 Å². The van der Waals surface area contributed by atoms with Gasteiger partial charge in [-0.3, -0.25) is 0 Å². The molecule has 2 rings (SSSR count). The van der Waals surface area contributed by atoms with E-state index in [1.807, 2.05) is 30.3 Å². The highest BCUT2D eigenvalue weighted by atomic mass is 127. The minimum atomic E-state index is -0.712. The Morgan fingerprint density at radius 2 is 1.90 bits per heavy atom. The van der Waals surface area contributed by atoms with E-state index in [1.54, 1.807) is 6.07 Å². The molecule has 0 heterocycles. The second-order valence-corrected chi connectivity index (χ2v) is 7.04. The summed E-state index contributed by atoms with van der Waals surface area (Å²) >= 11 is 11.8. The molecule has 1 N–H and O–H groups in total. The van der Waals surface area contributed by atoms with Crippen molar-refractivity contribution in [2.45, 2.75) is 19.4 Å². The SMILES string of the molecule is CCCOc1ccc(C(O)c2ccc(I)c(Cl)c2)cc1Br. The van der Waals surface area contributed by atoms with Crippen LogP contribution < -0.4 is 4.74 Å². The summed E-state index contributed by atoms with van der Waals surface area (Å²) in [5, 5.41) is 11.1. The van der Waals surface area contributed by atoms with Gasteiger partial charge < -0.3 is 9.84 Å². The van der Waals surface area contributed by atoms with E-state index >= 15 is 0 Å². The van der Waals surface area contributed by atoms with E-state index in [4.69, 9.17) is 16.3 Å². The molecule has 0 radical (unpaired) electrons. The number of benzene rings is 2. The van der Waals surface area contributed by atoms with Crippen molar-refractivity contribution < 1.29 is 9.84 Å². The van der Waals surface area contributed by atoms with Crippen LogP contribution in [-0.4, -0.2) is 11.7 Å². The first-order chi connectivity index (χ1) is 10.0. The van der Waals surface area contributed by atoms with Gasteiger partial charge in [-0.15, -0.1) is 0 Å². The standard InChI is InChI=1S/C16H15BrClIO2/c1-2-7-21-15-6-4-10(8-12(15)17)16(20)11-3-5-14(19)13(18)9-11/h3-6,8-9,16,20H,2,7H2,1H3. The molecule has 2 aromatic carbocycles. The second-order valence-electron chi connectivity index (χ2n) is 4.61. The molecule has 2 nitrogen and oxygen atoms in total. The van der Waals surface area contributed by atoms with Crippen LogP contribution in [0.1, 0.15) is 30.6 Å². The van der Waals surface area contributed by atoms with Gasteiger partial charge in [-0.05, 0) is 80.3 Å². The average Bonchev–Trinajstić information content (AvgIpc) is 2.48. The fourth-order valence-electron chi connectivity index (χ4n) is 1.89. The van der Waals surface area contributed by atoms with E-state index < -0.39 is 6.10 Å². The van der Waals surface area contributed by atoms with Gasteiger partial charge in [0.1, 0.15) is 11.9 Å². The van der Waals surface area contributed by atoms with Crippen LogP contribution in [0.25, 0.3) is 0 Å². The summed E-state index contributed by atoms with van der Waals surface area (Å²) in [7, 11) is 0. The van der Waals surface area contributed by atoms with E-state index in [0.717, 1.165) is 31.3 Å².